The van der Waals surface area contributed by atoms with E-state index in [9.17, 15) is 4.79 Å². The molecule has 1 amide bonds. The number of hydrogen-bond donors (Lipinski definition) is 2. The summed E-state index contributed by atoms with van der Waals surface area (Å²) in [7, 11) is 2.98. The highest BCUT2D eigenvalue weighted by molar-refractivity contribution is 9.10. The van der Waals surface area contributed by atoms with E-state index in [2.05, 4.69) is 21.2 Å². The third kappa shape index (κ3) is 4.45. The fourth-order valence-corrected chi connectivity index (χ4v) is 1.66. The lowest BCUT2D eigenvalue weighted by atomic mass is 10.2. The van der Waals surface area contributed by atoms with Gasteiger partial charge in [-0.25, -0.2) is 0 Å². The maximum atomic E-state index is 11.8. The van der Waals surface area contributed by atoms with Crippen LogP contribution in [0.3, 0.4) is 0 Å². The van der Waals surface area contributed by atoms with Crippen molar-refractivity contribution in [3.63, 3.8) is 0 Å². The average molecular weight is 340 g/mol. The van der Waals surface area contributed by atoms with E-state index >= 15 is 0 Å². The largest absolute Gasteiger partial charge is 0.495 e. The van der Waals surface area contributed by atoms with Crippen LogP contribution in [-0.4, -0.2) is 32.8 Å². The molecule has 0 bridgehead atoms. The molecule has 18 heavy (non-hydrogen) atoms. The number of methoxy groups -OCH3 is 2. The number of nitrogens with one attached hydrogen (secondary N) is 1. The third-order valence-electron chi connectivity index (χ3n) is 2.21. The SMILES string of the molecule is COc1ccc(Br)cc1NC(=O)C(CN)OC.Cl. The molecule has 1 unspecified atom stereocenters. The molecule has 0 saturated carbocycles. The summed E-state index contributed by atoms with van der Waals surface area (Å²) in [6.45, 7) is 0.124. The summed E-state index contributed by atoms with van der Waals surface area (Å²) in [5, 5.41) is 2.71. The van der Waals surface area contributed by atoms with Crippen LogP contribution in [0, 0.1) is 0 Å². The molecule has 1 aromatic carbocycles. The van der Waals surface area contributed by atoms with E-state index in [1.54, 1.807) is 12.1 Å². The van der Waals surface area contributed by atoms with Crippen molar-refractivity contribution in [1.82, 2.24) is 0 Å². The molecule has 0 aromatic heterocycles. The Morgan fingerprint density at radius 3 is 2.67 bits per heavy atom. The fourth-order valence-electron chi connectivity index (χ4n) is 1.30. The first-order valence-electron chi connectivity index (χ1n) is 4.99. The summed E-state index contributed by atoms with van der Waals surface area (Å²) in [6.07, 6.45) is -0.668. The van der Waals surface area contributed by atoms with Crippen LogP contribution in [0.2, 0.25) is 0 Å². The molecule has 5 nitrogen and oxygen atoms in total. The Kier molecular flexibility index (Phi) is 7.93. The van der Waals surface area contributed by atoms with Gasteiger partial charge in [-0.1, -0.05) is 15.9 Å². The van der Waals surface area contributed by atoms with Crippen molar-refractivity contribution in [3.05, 3.63) is 22.7 Å². The van der Waals surface area contributed by atoms with E-state index in [0.717, 1.165) is 4.47 Å². The van der Waals surface area contributed by atoms with Crippen LogP contribution >= 0.6 is 28.3 Å². The highest BCUT2D eigenvalue weighted by Crippen LogP contribution is 2.27. The lowest BCUT2D eigenvalue weighted by Crippen LogP contribution is -2.36. The molecule has 0 aliphatic rings. The maximum Gasteiger partial charge on any atom is 0.254 e. The molecular weight excluding hydrogens is 323 g/mol. The minimum atomic E-state index is -0.668. The van der Waals surface area contributed by atoms with Gasteiger partial charge in [-0.05, 0) is 18.2 Å². The Bertz CT molecular complexity index is 400. The van der Waals surface area contributed by atoms with Crippen LogP contribution in [0.15, 0.2) is 22.7 Å². The quantitative estimate of drug-likeness (QED) is 0.858. The second-order valence-electron chi connectivity index (χ2n) is 3.29. The predicted molar refractivity (Wildman–Crippen MR) is 76.4 cm³/mol. The van der Waals surface area contributed by atoms with Crippen molar-refractivity contribution in [3.8, 4) is 5.75 Å². The molecule has 0 fully saturated rings. The number of amides is 1. The van der Waals surface area contributed by atoms with Crippen molar-refractivity contribution in [2.75, 3.05) is 26.1 Å². The Labute approximate surface area is 121 Å². The number of rotatable bonds is 5. The number of benzene rings is 1. The van der Waals surface area contributed by atoms with Gasteiger partial charge in [0, 0.05) is 18.1 Å². The molecule has 1 rings (SSSR count). The lowest BCUT2D eigenvalue weighted by Gasteiger charge is -2.15. The van der Waals surface area contributed by atoms with E-state index in [1.165, 1.54) is 14.2 Å². The normalized spacial score (nSPS) is 11.3. The van der Waals surface area contributed by atoms with Crippen LogP contribution in [0.25, 0.3) is 0 Å². The van der Waals surface area contributed by atoms with E-state index in [-0.39, 0.29) is 24.9 Å². The second-order valence-corrected chi connectivity index (χ2v) is 4.21. The Morgan fingerprint density at radius 1 is 1.50 bits per heavy atom. The highest BCUT2D eigenvalue weighted by atomic mass is 79.9. The predicted octanol–water partition coefficient (Wildman–Crippen LogP) is 1.79. The smallest absolute Gasteiger partial charge is 0.254 e. The molecule has 7 heteroatoms. The number of carbonyl (C=O) groups is 1. The monoisotopic (exact) mass is 338 g/mol. The first-order chi connectivity index (χ1) is 8.12. The summed E-state index contributed by atoms with van der Waals surface area (Å²) in [6, 6.07) is 5.33. The summed E-state index contributed by atoms with van der Waals surface area (Å²) in [4.78, 5) is 11.8. The number of carbonyl (C=O) groups excluding carboxylic acids is 1. The fraction of sp³-hybridized carbons (Fsp3) is 0.364. The number of anilines is 1. The lowest BCUT2D eigenvalue weighted by molar-refractivity contribution is -0.125. The Hall–Kier alpha value is -0.820. The third-order valence-corrected chi connectivity index (χ3v) is 2.70. The standard InChI is InChI=1S/C11H15BrN2O3.ClH/c1-16-9-4-3-7(12)5-8(9)14-11(15)10(6-13)17-2;/h3-5,10H,6,13H2,1-2H3,(H,14,15);1H. The molecule has 0 aliphatic carbocycles. The zero-order valence-corrected chi connectivity index (χ0v) is 12.5. The molecule has 3 N–H and O–H groups in total. The van der Waals surface area contributed by atoms with Crippen molar-refractivity contribution in [2.45, 2.75) is 6.10 Å². The molecule has 0 aliphatic heterocycles. The van der Waals surface area contributed by atoms with Gasteiger partial charge in [0.05, 0.1) is 12.8 Å². The van der Waals surface area contributed by atoms with Crippen LogP contribution in [0.5, 0.6) is 5.75 Å². The zero-order chi connectivity index (χ0) is 12.8. The molecule has 102 valence electrons. The van der Waals surface area contributed by atoms with E-state index in [1.807, 2.05) is 6.07 Å². The molecule has 1 aromatic rings. The first kappa shape index (κ1) is 17.2. The van der Waals surface area contributed by atoms with Crippen molar-refractivity contribution in [2.24, 2.45) is 5.73 Å². The summed E-state index contributed by atoms with van der Waals surface area (Å²) in [5.41, 5.74) is 5.98. The van der Waals surface area contributed by atoms with Gasteiger partial charge in [0.2, 0.25) is 0 Å². The van der Waals surface area contributed by atoms with Crippen LogP contribution < -0.4 is 15.8 Å². The molecule has 0 spiro atoms. The summed E-state index contributed by atoms with van der Waals surface area (Å²) in [5.74, 6) is 0.278. The van der Waals surface area contributed by atoms with E-state index in [0.29, 0.717) is 11.4 Å². The van der Waals surface area contributed by atoms with E-state index in [4.69, 9.17) is 15.2 Å². The molecule has 1 atom stereocenters. The molecule has 0 heterocycles. The zero-order valence-electron chi connectivity index (χ0n) is 10.1. The number of halogens is 2. The molecule has 0 radical (unpaired) electrons. The van der Waals surface area contributed by atoms with Gasteiger partial charge >= 0.3 is 0 Å². The second kappa shape index (κ2) is 8.31. The van der Waals surface area contributed by atoms with Gasteiger partial charge in [-0.2, -0.15) is 0 Å². The summed E-state index contributed by atoms with van der Waals surface area (Å²) >= 11 is 3.32. The van der Waals surface area contributed by atoms with Gasteiger partial charge in [-0.3, -0.25) is 4.79 Å². The molecular formula is C11H16BrClN2O3. The number of nitrogens with two attached hydrogens (primary N) is 1. The van der Waals surface area contributed by atoms with Crippen molar-refractivity contribution >= 4 is 39.9 Å². The van der Waals surface area contributed by atoms with Crippen LogP contribution in [0.1, 0.15) is 0 Å². The van der Waals surface area contributed by atoms with Gasteiger partial charge < -0.3 is 20.5 Å². The van der Waals surface area contributed by atoms with Crippen molar-refractivity contribution < 1.29 is 14.3 Å². The highest BCUT2D eigenvalue weighted by Gasteiger charge is 2.17. The Morgan fingerprint density at radius 2 is 2.17 bits per heavy atom. The van der Waals surface area contributed by atoms with Gasteiger partial charge in [0.1, 0.15) is 11.9 Å². The van der Waals surface area contributed by atoms with Gasteiger partial charge in [0.15, 0.2) is 0 Å². The minimum Gasteiger partial charge on any atom is -0.495 e. The van der Waals surface area contributed by atoms with Crippen LogP contribution in [0.4, 0.5) is 5.69 Å². The average Bonchev–Trinajstić information content (AvgIpc) is 2.31. The number of hydrogen-bond acceptors (Lipinski definition) is 4. The summed E-state index contributed by atoms with van der Waals surface area (Å²) < 4.78 is 10.9. The Balaban J connectivity index is 0.00000289. The topological polar surface area (TPSA) is 73.6 Å². The van der Waals surface area contributed by atoms with Crippen molar-refractivity contribution in [1.29, 1.82) is 0 Å². The van der Waals surface area contributed by atoms with Crippen LogP contribution in [-0.2, 0) is 9.53 Å². The van der Waals surface area contributed by atoms with Gasteiger partial charge in [-0.15, -0.1) is 12.4 Å². The van der Waals surface area contributed by atoms with Gasteiger partial charge in [0.25, 0.3) is 5.91 Å². The molecule has 0 saturated heterocycles. The minimum absolute atomic E-state index is 0. The maximum absolute atomic E-state index is 11.8. The number of ether oxygens (including phenoxy) is 2. The first-order valence-corrected chi connectivity index (χ1v) is 5.79. The van der Waals surface area contributed by atoms with E-state index < -0.39 is 6.10 Å².